The molecule has 4 amide bonds. The summed E-state index contributed by atoms with van der Waals surface area (Å²) in [5.41, 5.74) is -0.431. The van der Waals surface area contributed by atoms with Gasteiger partial charge in [-0.15, -0.1) is 6.58 Å². The fraction of sp³-hybridized carbons (Fsp3) is 0.476. The maximum absolute atomic E-state index is 14.8. The zero-order valence-corrected chi connectivity index (χ0v) is 33.3. The van der Waals surface area contributed by atoms with Gasteiger partial charge in [0.25, 0.3) is 11.5 Å². The molecule has 15 heteroatoms. The van der Waals surface area contributed by atoms with Crippen LogP contribution in [0.25, 0.3) is 22.3 Å². The second kappa shape index (κ2) is 15.6. The summed E-state index contributed by atoms with van der Waals surface area (Å²) in [6.45, 7) is 9.01. The molecule has 3 aromatic rings. The minimum atomic E-state index is -3.94. The van der Waals surface area contributed by atoms with Crippen molar-refractivity contribution in [2.45, 2.75) is 107 Å². The van der Waals surface area contributed by atoms with Gasteiger partial charge in [-0.2, -0.15) is 5.10 Å². The molecule has 0 bridgehead atoms. The van der Waals surface area contributed by atoms with Crippen LogP contribution in [0.5, 0.6) is 0 Å². The Kier molecular flexibility index (Phi) is 10.9. The number of sulfonamides is 1. The van der Waals surface area contributed by atoms with E-state index in [-0.39, 0.29) is 25.5 Å². The standard InChI is InChI=1S/C42H50N6O8S/c1-5-28-23-42(28,39(52)46-57(54,55)31-20-21-31)45-36(49)33-22-29(25-47(33)38(51)35(41(2,3)4)44-40(53)56-30-18-12-13-19-30)48-37(50)34(27-16-10-7-11-17-27)32(24-43-48)26-14-8-6-9-15-26/h5-11,14-17,24,28-31,33,35H,1,12-13,18-23,25H2,2-4H3,(H,44,53)(H,45,49)(H,46,52)/t28-,29-,33+,35-,42-/m1/s1. The Hall–Kier alpha value is -5.31. The van der Waals surface area contributed by atoms with Crippen LogP contribution in [0.4, 0.5) is 4.79 Å². The number of nitrogens with zero attached hydrogens (tertiary/aromatic N) is 3. The number of alkyl carbamates (subject to hydrolysis) is 1. The van der Waals surface area contributed by atoms with Crippen molar-refractivity contribution in [3.05, 3.63) is 89.9 Å². The van der Waals surface area contributed by atoms with Gasteiger partial charge in [-0.05, 0) is 61.5 Å². The van der Waals surface area contributed by atoms with E-state index >= 15 is 0 Å². The number of ether oxygens (including phenoxy) is 1. The van der Waals surface area contributed by atoms with Crippen molar-refractivity contribution < 1.29 is 32.3 Å². The van der Waals surface area contributed by atoms with Crippen molar-refractivity contribution in [3.63, 3.8) is 0 Å². The van der Waals surface area contributed by atoms with Gasteiger partial charge in [0, 0.05) is 24.4 Å². The lowest BCUT2D eigenvalue weighted by molar-refractivity contribution is -0.142. The molecule has 2 heterocycles. The fourth-order valence-corrected chi connectivity index (χ4v) is 9.44. The molecule has 3 saturated carbocycles. The lowest BCUT2D eigenvalue weighted by Crippen LogP contribution is -2.60. The summed E-state index contributed by atoms with van der Waals surface area (Å²) in [6.07, 6.45) is 6.37. The Bertz CT molecular complexity index is 2210. The first-order valence-electron chi connectivity index (χ1n) is 19.6. The van der Waals surface area contributed by atoms with E-state index in [1.54, 1.807) is 27.0 Å². The highest BCUT2D eigenvalue weighted by Crippen LogP contribution is 2.46. The molecule has 5 atom stereocenters. The molecule has 3 N–H and O–H groups in total. The van der Waals surface area contributed by atoms with E-state index in [0.717, 1.165) is 31.2 Å². The number of hydrogen-bond donors (Lipinski definition) is 3. The molecule has 57 heavy (non-hydrogen) atoms. The SMILES string of the molecule is C=C[C@@H]1C[C@]1(NC(=O)[C@@H]1C[C@@H](n2ncc(-c3ccccc3)c(-c3ccccc3)c2=O)CN1C(=O)[C@@H](NC(=O)OC1CCCC1)C(C)(C)C)C(=O)NS(=O)(=O)C1CC1. The Morgan fingerprint density at radius 3 is 2.18 bits per heavy atom. The van der Waals surface area contributed by atoms with Gasteiger partial charge >= 0.3 is 6.09 Å². The molecule has 3 aliphatic carbocycles. The minimum absolute atomic E-state index is 0.0659. The number of amides is 4. The van der Waals surface area contributed by atoms with E-state index in [9.17, 15) is 32.4 Å². The molecule has 0 radical (unpaired) electrons. The maximum Gasteiger partial charge on any atom is 0.408 e. The molecule has 302 valence electrons. The maximum atomic E-state index is 14.8. The first-order chi connectivity index (χ1) is 27.1. The van der Waals surface area contributed by atoms with E-state index in [2.05, 4.69) is 27.0 Å². The van der Waals surface area contributed by atoms with E-state index < -0.39 is 79.6 Å². The topological polar surface area (TPSA) is 186 Å². The summed E-state index contributed by atoms with van der Waals surface area (Å²) in [7, 11) is -3.94. The molecule has 1 aliphatic heterocycles. The highest BCUT2D eigenvalue weighted by atomic mass is 32.2. The summed E-state index contributed by atoms with van der Waals surface area (Å²) in [4.78, 5) is 72.0. The number of rotatable bonds is 12. The first kappa shape index (κ1) is 39.9. The zero-order valence-electron chi connectivity index (χ0n) is 32.5. The third kappa shape index (κ3) is 8.25. The Morgan fingerprint density at radius 2 is 1.60 bits per heavy atom. The molecule has 0 unspecified atom stereocenters. The molecule has 4 fully saturated rings. The van der Waals surface area contributed by atoms with Crippen molar-refractivity contribution in [2.24, 2.45) is 11.3 Å². The quantitative estimate of drug-likeness (QED) is 0.223. The summed E-state index contributed by atoms with van der Waals surface area (Å²) >= 11 is 0. The van der Waals surface area contributed by atoms with Crippen molar-refractivity contribution in [2.75, 3.05) is 6.54 Å². The van der Waals surface area contributed by atoms with Crippen LogP contribution in [0, 0.1) is 11.3 Å². The van der Waals surface area contributed by atoms with Gasteiger partial charge in [0.2, 0.25) is 21.8 Å². The summed E-state index contributed by atoms with van der Waals surface area (Å²) < 4.78 is 34.7. The summed E-state index contributed by atoms with van der Waals surface area (Å²) in [5.74, 6) is -2.73. The molecule has 0 spiro atoms. The number of nitrogens with one attached hydrogen (secondary N) is 3. The third-order valence-electron chi connectivity index (χ3n) is 11.6. The average Bonchev–Trinajstić information content (AvgIpc) is 4.06. The molecule has 2 aromatic carbocycles. The second-order valence-corrected chi connectivity index (χ2v) is 18.7. The van der Waals surface area contributed by atoms with Gasteiger partial charge in [0.05, 0.1) is 23.1 Å². The highest BCUT2D eigenvalue weighted by molar-refractivity contribution is 7.91. The van der Waals surface area contributed by atoms with E-state index in [4.69, 9.17) is 4.74 Å². The number of aromatic nitrogens is 2. The third-order valence-corrected chi connectivity index (χ3v) is 13.4. The lowest BCUT2D eigenvalue weighted by Gasteiger charge is -2.35. The van der Waals surface area contributed by atoms with Gasteiger partial charge in [-0.25, -0.2) is 17.9 Å². The number of carbonyl (C=O) groups is 4. The lowest BCUT2D eigenvalue weighted by atomic mass is 9.85. The average molecular weight is 799 g/mol. The van der Waals surface area contributed by atoms with E-state index in [1.165, 1.54) is 15.7 Å². The van der Waals surface area contributed by atoms with Crippen LogP contribution in [-0.2, 0) is 29.1 Å². The van der Waals surface area contributed by atoms with E-state index in [1.807, 2.05) is 60.7 Å². The normalized spacial score (nSPS) is 24.0. The minimum Gasteiger partial charge on any atom is -0.446 e. The van der Waals surface area contributed by atoms with Crippen LogP contribution in [0.2, 0.25) is 0 Å². The highest BCUT2D eigenvalue weighted by Gasteiger charge is 2.62. The van der Waals surface area contributed by atoms with Crippen LogP contribution < -0.4 is 20.9 Å². The summed E-state index contributed by atoms with van der Waals surface area (Å²) in [5, 5.41) is 9.51. The van der Waals surface area contributed by atoms with Gasteiger partial charge in [-0.3, -0.25) is 23.9 Å². The number of benzene rings is 2. The second-order valence-electron chi connectivity index (χ2n) is 16.7. The molecule has 1 aromatic heterocycles. The monoisotopic (exact) mass is 798 g/mol. The molecule has 14 nitrogen and oxygen atoms in total. The van der Waals surface area contributed by atoms with Gasteiger partial charge in [0.1, 0.15) is 23.7 Å². The van der Waals surface area contributed by atoms with Crippen molar-refractivity contribution in [1.29, 1.82) is 0 Å². The van der Waals surface area contributed by atoms with Crippen molar-refractivity contribution in [1.82, 2.24) is 30.0 Å². The van der Waals surface area contributed by atoms with Crippen LogP contribution >= 0.6 is 0 Å². The first-order valence-corrected chi connectivity index (χ1v) is 21.2. The fourth-order valence-electron chi connectivity index (χ4n) is 8.07. The molecule has 4 aliphatic rings. The summed E-state index contributed by atoms with van der Waals surface area (Å²) in [6, 6.07) is 15.4. The number of hydrogen-bond acceptors (Lipinski definition) is 9. The molecule has 1 saturated heterocycles. The van der Waals surface area contributed by atoms with Gasteiger partial charge in [-0.1, -0.05) is 87.5 Å². The molecular formula is C42H50N6O8S. The van der Waals surface area contributed by atoms with E-state index in [0.29, 0.717) is 29.5 Å². The molecule has 7 rings (SSSR count). The van der Waals surface area contributed by atoms with Crippen LogP contribution in [0.3, 0.4) is 0 Å². The predicted molar refractivity (Wildman–Crippen MR) is 213 cm³/mol. The van der Waals surface area contributed by atoms with Crippen molar-refractivity contribution in [3.8, 4) is 22.3 Å². The predicted octanol–water partition coefficient (Wildman–Crippen LogP) is 4.47. The zero-order chi connectivity index (χ0) is 40.7. The number of likely N-dealkylation sites (tertiary alicyclic amines) is 1. The Balaban J connectivity index is 1.24. The number of carbonyl (C=O) groups excluding carboxylic acids is 4. The van der Waals surface area contributed by atoms with Crippen LogP contribution in [0.15, 0.2) is 84.3 Å². The Labute approximate surface area is 332 Å². The van der Waals surface area contributed by atoms with Gasteiger partial charge < -0.3 is 20.3 Å². The smallest absolute Gasteiger partial charge is 0.408 e. The van der Waals surface area contributed by atoms with Crippen LogP contribution in [0.1, 0.15) is 78.2 Å². The van der Waals surface area contributed by atoms with Crippen LogP contribution in [-0.4, -0.2) is 82.4 Å². The Morgan fingerprint density at radius 1 is 0.965 bits per heavy atom. The largest absolute Gasteiger partial charge is 0.446 e. The van der Waals surface area contributed by atoms with Crippen molar-refractivity contribution >= 4 is 33.8 Å². The van der Waals surface area contributed by atoms with Gasteiger partial charge in [0.15, 0.2) is 0 Å². The molecular weight excluding hydrogens is 749 g/mol.